The molecule has 3 aliphatic rings. The summed E-state index contributed by atoms with van der Waals surface area (Å²) in [5, 5.41) is -4.03. The van der Waals surface area contributed by atoms with E-state index in [1.165, 1.54) is 64.2 Å². The maximum absolute atomic E-state index is 14.2. The molecule has 0 nitrogen and oxygen atoms in total. The van der Waals surface area contributed by atoms with Crippen LogP contribution in [0.5, 0.6) is 0 Å². The normalized spacial score (nSPS) is 32.7. The number of alkyl halides is 3. The van der Waals surface area contributed by atoms with Gasteiger partial charge >= 0.3 is 5.38 Å². The molecule has 0 bridgehead atoms. The summed E-state index contributed by atoms with van der Waals surface area (Å²) in [7, 11) is 0. The topological polar surface area (TPSA) is 0 Å². The molecule has 0 atom stereocenters. The summed E-state index contributed by atoms with van der Waals surface area (Å²) in [6.45, 7) is 2.11. The predicted octanol–water partition coefficient (Wildman–Crippen LogP) is 10.5. The van der Waals surface area contributed by atoms with E-state index >= 15 is 0 Å². The van der Waals surface area contributed by atoms with E-state index in [-0.39, 0.29) is 5.92 Å². The second-order valence-corrected chi connectivity index (χ2v) is 12.0. The molecule has 0 saturated heterocycles. The van der Waals surface area contributed by atoms with Crippen LogP contribution in [0.15, 0.2) is 24.3 Å². The number of hydrogen-bond acceptors (Lipinski definition) is 0. The van der Waals surface area contributed by atoms with Crippen molar-refractivity contribution in [1.82, 2.24) is 0 Å². The quantitative estimate of drug-likeness (QED) is 0.193. The van der Waals surface area contributed by atoms with Gasteiger partial charge in [-0.15, -0.1) is 0 Å². The maximum Gasteiger partial charge on any atom is 0.353 e. The lowest BCUT2D eigenvalue weighted by Gasteiger charge is -2.41. The molecule has 0 N–H and O–H groups in total. The molecule has 4 rings (SSSR count). The summed E-state index contributed by atoms with van der Waals surface area (Å²) in [4.78, 5) is 0. The standard InChI is InChI=1S/C30H41ClF4/c1-2-3-4-5-20-6-8-21(9-7-20)22-10-12-23(13-11-22)24-14-16-25(17-15-24)26-18-27(32)29(28(33)19-26)30(31,34)35/h2-3,18-25H,4-17H2,1H3. The third-order valence-corrected chi connectivity index (χ3v) is 9.80. The van der Waals surface area contributed by atoms with Crippen molar-refractivity contribution in [3.63, 3.8) is 0 Å². The fraction of sp³-hybridized carbons (Fsp3) is 0.733. The maximum atomic E-state index is 14.2. The Morgan fingerprint density at radius 3 is 1.63 bits per heavy atom. The van der Waals surface area contributed by atoms with Gasteiger partial charge in [0.15, 0.2) is 0 Å². The highest BCUT2D eigenvalue weighted by Crippen LogP contribution is 2.48. The largest absolute Gasteiger partial charge is 0.353 e. The van der Waals surface area contributed by atoms with E-state index in [4.69, 9.17) is 11.6 Å². The second-order valence-electron chi connectivity index (χ2n) is 11.6. The van der Waals surface area contributed by atoms with Gasteiger partial charge in [-0.3, -0.25) is 0 Å². The van der Waals surface area contributed by atoms with Crippen molar-refractivity contribution < 1.29 is 17.6 Å². The van der Waals surface area contributed by atoms with Gasteiger partial charge in [0.1, 0.15) is 17.2 Å². The van der Waals surface area contributed by atoms with E-state index in [0.29, 0.717) is 11.5 Å². The minimum Gasteiger partial charge on any atom is -0.206 e. The van der Waals surface area contributed by atoms with E-state index in [2.05, 4.69) is 19.1 Å². The third kappa shape index (κ3) is 6.84. The fourth-order valence-electron chi connectivity index (χ4n) is 7.56. The Morgan fingerprint density at radius 1 is 0.771 bits per heavy atom. The van der Waals surface area contributed by atoms with Gasteiger partial charge in [0, 0.05) is 0 Å². The van der Waals surface area contributed by atoms with Crippen LogP contribution in [-0.4, -0.2) is 0 Å². The molecule has 5 heteroatoms. The summed E-state index contributed by atoms with van der Waals surface area (Å²) in [6.07, 6.45) is 22.0. The molecule has 0 heterocycles. The van der Waals surface area contributed by atoms with Crippen molar-refractivity contribution in [1.29, 1.82) is 0 Å². The van der Waals surface area contributed by atoms with Crippen LogP contribution < -0.4 is 0 Å². The van der Waals surface area contributed by atoms with Gasteiger partial charge in [-0.1, -0.05) is 25.0 Å². The first-order chi connectivity index (χ1) is 16.8. The van der Waals surface area contributed by atoms with Gasteiger partial charge in [-0.2, -0.15) is 8.78 Å². The lowest BCUT2D eigenvalue weighted by Crippen LogP contribution is -2.29. The summed E-state index contributed by atoms with van der Waals surface area (Å²) in [6, 6.07) is 2.14. The van der Waals surface area contributed by atoms with Gasteiger partial charge in [-0.25, -0.2) is 8.78 Å². The molecular formula is C30H41ClF4. The number of allylic oxidation sites excluding steroid dienone is 2. The molecule has 0 unspecified atom stereocenters. The van der Waals surface area contributed by atoms with Crippen LogP contribution in [0.4, 0.5) is 17.6 Å². The van der Waals surface area contributed by atoms with Gasteiger partial charge in [0.25, 0.3) is 0 Å². The predicted molar refractivity (Wildman–Crippen MR) is 136 cm³/mol. The van der Waals surface area contributed by atoms with Crippen LogP contribution in [0, 0.1) is 41.2 Å². The zero-order chi connectivity index (χ0) is 25.0. The molecule has 0 amide bonds. The summed E-state index contributed by atoms with van der Waals surface area (Å²) < 4.78 is 55.0. The summed E-state index contributed by atoms with van der Waals surface area (Å²) in [5.74, 6) is 1.78. The van der Waals surface area contributed by atoms with Crippen molar-refractivity contribution in [2.24, 2.45) is 29.6 Å². The van der Waals surface area contributed by atoms with Gasteiger partial charge in [0.05, 0.1) is 0 Å². The van der Waals surface area contributed by atoms with Crippen molar-refractivity contribution in [2.75, 3.05) is 0 Å². The molecular weight excluding hydrogens is 472 g/mol. The summed E-state index contributed by atoms with van der Waals surface area (Å²) in [5.41, 5.74) is -0.844. The first-order valence-corrected chi connectivity index (χ1v) is 14.3. The van der Waals surface area contributed by atoms with Crippen molar-refractivity contribution in [3.05, 3.63) is 47.0 Å². The highest BCUT2D eigenvalue weighted by molar-refractivity contribution is 6.21. The van der Waals surface area contributed by atoms with Crippen molar-refractivity contribution in [2.45, 2.75) is 108 Å². The average molecular weight is 513 g/mol. The molecule has 0 aliphatic heterocycles. The molecule has 0 spiro atoms. The van der Waals surface area contributed by atoms with Gasteiger partial charge in [-0.05, 0) is 149 Å². The van der Waals surface area contributed by atoms with Crippen molar-refractivity contribution >= 4 is 11.6 Å². The lowest BCUT2D eigenvalue weighted by molar-refractivity contribution is 0.0857. The van der Waals surface area contributed by atoms with E-state index in [1.807, 2.05) is 0 Å². The zero-order valence-electron chi connectivity index (χ0n) is 21.1. The third-order valence-electron chi connectivity index (χ3n) is 9.61. The smallest absolute Gasteiger partial charge is 0.206 e. The molecule has 35 heavy (non-hydrogen) atoms. The summed E-state index contributed by atoms with van der Waals surface area (Å²) >= 11 is 4.89. The van der Waals surface area contributed by atoms with Crippen LogP contribution in [0.25, 0.3) is 0 Å². The average Bonchev–Trinajstić information content (AvgIpc) is 2.84. The molecule has 1 aromatic rings. The van der Waals surface area contributed by atoms with E-state index in [9.17, 15) is 17.6 Å². The van der Waals surface area contributed by atoms with E-state index in [1.54, 1.807) is 0 Å². The fourth-order valence-corrected chi connectivity index (χ4v) is 7.74. The number of benzene rings is 1. The highest BCUT2D eigenvalue weighted by Gasteiger charge is 2.38. The molecule has 3 saturated carbocycles. The molecule has 0 radical (unpaired) electrons. The lowest BCUT2D eigenvalue weighted by atomic mass is 9.64. The molecule has 1 aromatic carbocycles. The van der Waals surface area contributed by atoms with Crippen LogP contribution in [-0.2, 0) is 5.38 Å². The van der Waals surface area contributed by atoms with Crippen LogP contribution in [0.1, 0.15) is 114 Å². The second kappa shape index (κ2) is 12.0. The molecule has 0 aromatic heterocycles. The molecule has 3 aliphatic carbocycles. The Labute approximate surface area is 213 Å². The monoisotopic (exact) mass is 512 g/mol. The van der Waals surface area contributed by atoms with E-state index < -0.39 is 22.6 Å². The Morgan fingerprint density at radius 2 is 1.20 bits per heavy atom. The SMILES string of the molecule is CC=CCCC1CCC(C2CCC(C3CCC(c4cc(F)c(C(F)(F)Cl)c(F)c4)CC3)CC2)CC1. The first kappa shape index (κ1) is 27.0. The Bertz CT molecular complexity index is 813. The van der Waals surface area contributed by atoms with E-state index in [0.717, 1.165) is 61.5 Å². The minimum absolute atomic E-state index is 0.0348. The van der Waals surface area contributed by atoms with Gasteiger partial charge < -0.3 is 0 Å². The Hall–Kier alpha value is -1.03. The first-order valence-electron chi connectivity index (χ1n) is 13.9. The number of hydrogen-bond donors (Lipinski definition) is 0. The Balaban J connectivity index is 1.22. The van der Waals surface area contributed by atoms with Crippen LogP contribution in [0.2, 0.25) is 0 Å². The number of rotatable bonds is 7. The molecule has 196 valence electrons. The zero-order valence-corrected chi connectivity index (χ0v) is 21.8. The minimum atomic E-state index is -4.03. The number of halogens is 5. The Kier molecular flexibility index (Phi) is 9.27. The van der Waals surface area contributed by atoms with Crippen LogP contribution >= 0.6 is 11.6 Å². The van der Waals surface area contributed by atoms with Crippen LogP contribution in [0.3, 0.4) is 0 Å². The van der Waals surface area contributed by atoms with Crippen molar-refractivity contribution in [3.8, 4) is 0 Å². The molecule has 3 fully saturated rings. The highest BCUT2D eigenvalue weighted by atomic mass is 35.5. The van der Waals surface area contributed by atoms with Gasteiger partial charge in [0.2, 0.25) is 0 Å².